The summed E-state index contributed by atoms with van der Waals surface area (Å²) in [6.07, 6.45) is 3.45. The summed E-state index contributed by atoms with van der Waals surface area (Å²) in [5.74, 6) is 0.0515. The largest absolute Gasteiger partial charge is 0.293 e. The van der Waals surface area contributed by atoms with Crippen LogP contribution in [0.3, 0.4) is 0 Å². The lowest BCUT2D eigenvalue weighted by Gasteiger charge is -1.97. The van der Waals surface area contributed by atoms with Crippen LogP contribution in [0.25, 0.3) is 6.08 Å². The average molecular weight is 232 g/mol. The van der Waals surface area contributed by atoms with Gasteiger partial charge >= 0.3 is 0 Å². The first-order valence-corrected chi connectivity index (χ1v) is 5.50. The number of rotatable bonds is 3. The molecule has 2 nitrogen and oxygen atoms in total. The Morgan fingerprint density at radius 2 is 2.00 bits per heavy atom. The topological polar surface area (TPSA) is 40.9 Å². The van der Waals surface area contributed by atoms with Crippen molar-refractivity contribution in [1.82, 2.24) is 0 Å². The number of hydrogen-bond donors (Lipinski definition) is 0. The van der Waals surface area contributed by atoms with Gasteiger partial charge in [0.2, 0.25) is 0 Å². The maximum atomic E-state index is 11.7. The van der Waals surface area contributed by atoms with E-state index in [1.165, 1.54) is 0 Å². The van der Waals surface area contributed by atoms with Crippen molar-refractivity contribution in [3.63, 3.8) is 0 Å². The molecule has 0 spiro atoms. The van der Waals surface area contributed by atoms with Crippen molar-refractivity contribution in [2.24, 2.45) is 5.92 Å². The normalized spacial score (nSPS) is 15.6. The lowest BCUT2D eigenvalue weighted by molar-refractivity contribution is -0.116. The Balaban J connectivity index is 2.23. The predicted molar refractivity (Wildman–Crippen MR) is 62.8 cm³/mol. The molecule has 0 amide bonds. The summed E-state index contributed by atoms with van der Waals surface area (Å²) >= 11 is 5.75. The minimum atomic E-state index is -0.0301. The third-order valence-corrected chi connectivity index (χ3v) is 2.77. The lowest BCUT2D eigenvalue weighted by Crippen LogP contribution is -2.02. The number of Topliss-reactive ketones (excluding diaryl/α,β-unsaturated/α-hetero) is 1. The van der Waals surface area contributed by atoms with Gasteiger partial charge in [-0.25, -0.2) is 0 Å². The Morgan fingerprint density at radius 3 is 2.50 bits per heavy atom. The van der Waals surface area contributed by atoms with Gasteiger partial charge in [-0.1, -0.05) is 23.7 Å². The molecule has 1 aliphatic rings. The molecule has 0 N–H and O–H groups in total. The Hall–Kier alpha value is -1.59. The summed E-state index contributed by atoms with van der Waals surface area (Å²) in [4.78, 5) is 11.7. The lowest BCUT2D eigenvalue weighted by atomic mass is 10.1. The zero-order valence-corrected chi connectivity index (χ0v) is 9.37. The molecule has 1 aromatic carbocycles. The van der Waals surface area contributed by atoms with Crippen LogP contribution < -0.4 is 0 Å². The fourth-order valence-electron chi connectivity index (χ4n) is 1.45. The number of ketones is 1. The van der Waals surface area contributed by atoms with Crippen molar-refractivity contribution in [2.45, 2.75) is 12.8 Å². The smallest absolute Gasteiger partial charge is 0.176 e. The molecule has 16 heavy (non-hydrogen) atoms. The highest BCUT2D eigenvalue weighted by atomic mass is 35.5. The van der Waals surface area contributed by atoms with Gasteiger partial charge < -0.3 is 0 Å². The van der Waals surface area contributed by atoms with E-state index in [0.717, 1.165) is 18.4 Å². The zero-order chi connectivity index (χ0) is 11.5. The summed E-state index contributed by atoms with van der Waals surface area (Å²) in [6, 6.07) is 9.03. The maximum Gasteiger partial charge on any atom is 0.176 e. The van der Waals surface area contributed by atoms with Crippen LogP contribution in [-0.2, 0) is 4.79 Å². The molecule has 2 rings (SSSR count). The molecule has 0 atom stereocenters. The van der Waals surface area contributed by atoms with Crippen LogP contribution in [0.15, 0.2) is 29.8 Å². The number of hydrogen-bond acceptors (Lipinski definition) is 2. The van der Waals surface area contributed by atoms with Gasteiger partial charge in [0.1, 0.15) is 6.07 Å². The van der Waals surface area contributed by atoms with Crippen LogP contribution in [0, 0.1) is 17.2 Å². The zero-order valence-electron chi connectivity index (χ0n) is 8.61. The summed E-state index contributed by atoms with van der Waals surface area (Å²) in [5, 5.41) is 9.57. The van der Waals surface area contributed by atoms with Gasteiger partial charge in [0.15, 0.2) is 5.78 Å². The quantitative estimate of drug-likeness (QED) is 0.592. The maximum absolute atomic E-state index is 11.7. The van der Waals surface area contributed by atoms with Crippen molar-refractivity contribution in [2.75, 3.05) is 0 Å². The molecule has 1 fully saturated rings. The van der Waals surface area contributed by atoms with Gasteiger partial charge in [-0.05, 0) is 36.6 Å². The molecular formula is C13H10ClNO. The van der Waals surface area contributed by atoms with Crippen molar-refractivity contribution in [3.05, 3.63) is 40.4 Å². The van der Waals surface area contributed by atoms with Gasteiger partial charge in [0.25, 0.3) is 0 Å². The summed E-state index contributed by atoms with van der Waals surface area (Å²) in [6.45, 7) is 0. The minimum absolute atomic E-state index is 0.0301. The monoisotopic (exact) mass is 231 g/mol. The van der Waals surface area contributed by atoms with Crippen LogP contribution in [0.2, 0.25) is 5.02 Å². The Bertz CT molecular complexity index is 478. The second kappa shape index (κ2) is 4.51. The van der Waals surface area contributed by atoms with Crippen LogP contribution in [-0.4, -0.2) is 5.78 Å². The Labute approximate surface area is 99.1 Å². The van der Waals surface area contributed by atoms with E-state index in [1.54, 1.807) is 30.3 Å². The van der Waals surface area contributed by atoms with Gasteiger partial charge in [-0.2, -0.15) is 5.26 Å². The molecule has 0 aliphatic heterocycles. The molecular weight excluding hydrogens is 222 g/mol. The number of nitriles is 1. The minimum Gasteiger partial charge on any atom is -0.293 e. The molecule has 0 unspecified atom stereocenters. The van der Waals surface area contributed by atoms with E-state index >= 15 is 0 Å². The highest BCUT2D eigenvalue weighted by Gasteiger charge is 2.31. The molecule has 0 saturated heterocycles. The van der Waals surface area contributed by atoms with Crippen molar-refractivity contribution in [3.8, 4) is 6.07 Å². The number of nitrogens with zero attached hydrogens (tertiary/aromatic N) is 1. The summed E-state index contributed by atoms with van der Waals surface area (Å²) in [7, 11) is 0. The molecule has 0 radical (unpaired) electrons. The van der Waals surface area contributed by atoms with E-state index in [1.807, 2.05) is 6.07 Å². The van der Waals surface area contributed by atoms with E-state index in [2.05, 4.69) is 0 Å². The summed E-state index contributed by atoms with van der Waals surface area (Å²) in [5.41, 5.74) is 1.07. The number of carbonyl (C=O) groups is 1. The van der Waals surface area contributed by atoms with Gasteiger partial charge in [0, 0.05) is 10.9 Å². The summed E-state index contributed by atoms with van der Waals surface area (Å²) < 4.78 is 0. The van der Waals surface area contributed by atoms with Crippen molar-refractivity contribution >= 4 is 23.5 Å². The molecule has 1 aromatic rings. The van der Waals surface area contributed by atoms with Crippen LogP contribution in [0.4, 0.5) is 0 Å². The molecule has 0 bridgehead atoms. The second-order valence-electron chi connectivity index (χ2n) is 3.86. The van der Waals surface area contributed by atoms with E-state index in [-0.39, 0.29) is 17.3 Å². The predicted octanol–water partition coefficient (Wildman–Crippen LogP) is 3.23. The Morgan fingerprint density at radius 1 is 1.38 bits per heavy atom. The molecule has 0 aromatic heterocycles. The fraction of sp³-hybridized carbons (Fsp3) is 0.231. The van der Waals surface area contributed by atoms with E-state index in [0.29, 0.717) is 5.02 Å². The van der Waals surface area contributed by atoms with Crippen LogP contribution in [0.1, 0.15) is 18.4 Å². The van der Waals surface area contributed by atoms with Gasteiger partial charge in [0.05, 0.1) is 5.57 Å². The molecule has 1 saturated carbocycles. The first-order valence-electron chi connectivity index (χ1n) is 5.12. The number of halogens is 1. The third-order valence-electron chi connectivity index (χ3n) is 2.52. The molecule has 1 aliphatic carbocycles. The SMILES string of the molecule is N#C/C(=C\c1ccc(Cl)cc1)C(=O)C1CC1. The highest BCUT2D eigenvalue weighted by molar-refractivity contribution is 6.30. The van der Waals surface area contributed by atoms with Crippen LogP contribution >= 0.6 is 11.6 Å². The standard InChI is InChI=1S/C13H10ClNO/c14-12-5-1-9(2-6-12)7-11(8-15)13(16)10-3-4-10/h1-2,5-7,10H,3-4H2/b11-7+. The van der Waals surface area contributed by atoms with E-state index < -0.39 is 0 Å². The number of allylic oxidation sites excluding steroid dienone is 1. The van der Waals surface area contributed by atoms with E-state index in [9.17, 15) is 4.79 Å². The van der Waals surface area contributed by atoms with Gasteiger partial charge in [-0.15, -0.1) is 0 Å². The second-order valence-corrected chi connectivity index (χ2v) is 4.30. The number of benzene rings is 1. The van der Waals surface area contributed by atoms with Crippen molar-refractivity contribution < 1.29 is 4.79 Å². The molecule has 80 valence electrons. The number of carbonyl (C=O) groups excluding carboxylic acids is 1. The average Bonchev–Trinajstić information content (AvgIpc) is 3.11. The molecule has 0 heterocycles. The first-order chi connectivity index (χ1) is 7.70. The van der Waals surface area contributed by atoms with Gasteiger partial charge in [-0.3, -0.25) is 4.79 Å². The first kappa shape index (κ1) is 10.9. The molecule has 3 heteroatoms. The van der Waals surface area contributed by atoms with Crippen LogP contribution in [0.5, 0.6) is 0 Å². The highest BCUT2D eigenvalue weighted by Crippen LogP contribution is 2.32. The fourth-order valence-corrected chi connectivity index (χ4v) is 1.58. The Kier molecular flexibility index (Phi) is 3.07. The van der Waals surface area contributed by atoms with Crippen molar-refractivity contribution in [1.29, 1.82) is 5.26 Å². The van der Waals surface area contributed by atoms with E-state index in [4.69, 9.17) is 16.9 Å². The third kappa shape index (κ3) is 2.50.